The first-order valence-electron chi connectivity index (χ1n) is 8.32. The van der Waals surface area contributed by atoms with Gasteiger partial charge in [0.15, 0.2) is 5.82 Å². The lowest BCUT2D eigenvalue weighted by Crippen LogP contribution is -2.12. The quantitative estimate of drug-likeness (QED) is 0.437. The number of nitrogens with zero attached hydrogens (tertiary/aromatic N) is 2. The van der Waals surface area contributed by atoms with Gasteiger partial charge in [0, 0.05) is 29.1 Å². The zero-order valence-corrected chi connectivity index (χ0v) is 16.3. The highest BCUT2D eigenvalue weighted by Crippen LogP contribution is 2.33. The third-order valence-electron chi connectivity index (χ3n) is 3.93. The first-order valence-corrected chi connectivity index (χ1v) is 8.70. The number of primary amides is 1. The summed E-state index contributed by atoms with van der Waals surface area (Å²) in [6.45, 7) is 0. The molecule has 0 aliphatic carbocycles. The van der Waals surface area contributed by atoms with Crippen molar-refractivity contribution < 1.29 is 19.4 Å². The van der Waals surface area contributed by atoms with Crippen LogP contribution < -0.4 is 20.5 Å². The predicted octanol–water partition coefficient (Wildman–Crippen LogP) is 3.38. The number of benzene rings is 2. The third-order valence-corrected chi connectivity index (χ3v) is 4.17. The molecule has 0 saturated heterocycles. The Balaban J connectivity index is 1.98. The molecule has 0 fully saturated rings. The van der Waals surface area contributed by atoms with E-state index in [-0.39, 0.29) is 22.9 Å². The van der Waals surface area contributed by atoms with Crippen LogP contribution in [0.5, 0.6) is 17.2 Å². The van der Waals surface area contributed by atoms with Crippen LogP contribution in [0.2, 0.25) is 5.02 Å². The van der Waals surface area contributed by atoms with E-state index in [1.807, 2.05) is 0 Å². The van der Waals surface area contributed by atoms with Crippen molar-refractivity contribution in [3.8, 4) is 17.2 Å². The Hall–Kier alpha value is -3.72. The molecule has 150 valence electrons. The van der Waals surface area contributed by atoms with Crippen molar-refractivity contribution in [2.24, 2.45) is 10.7 Å². The number of aromatic nitrogens is 2. The second kappa shape index (κ2) is 8.53. The molecular weight excluding hydrogens is 398 g/mol. The van der Waals surface area contributed by atoms with Gasteiger partial charge in [0.1, 0.15) is 28.6 Å². The van der Waals surface area contributed by atoms with Gasteiger partial charge >= 0.3 is 0 Å². The summed E-state index contributed by atoms with van der Waals surface area (Å²) in [4.78, 5) is 16.3. The summed E-state index contributed by atoms with van der Waals surface area (Å²) in [5.41, 5.74) is 6.68. The smallest absolute Gasteiger partial charge is 0.256 e. The van der Waals surface area contributed by atoms with Crippen LogP contribution in [0.3, 0.4) is 0 Å². The van der Waals surface area contributed by atoms with E-state index >= 15 is 0 Å². The van der Waals surface area contributed by atoms with Crippen molar-refractivity contribution in [1.29, 1.82) is 0 Å². The molecule has 0 atom stereocenters. The van der Waals surface area contributed by atoms with Crippen LogP contribution >= 0.6 is 11.6 Å². The lowest BCUT2D eigenvalue weighted by molar-refractivity contribution is 0.100. The first-order chi connectivity index (χ1) is 13.9. The zero-order chi connectivity index (χ0) is 21.0. The summed E-state index contributed by atoms with van der Waals surface area (Å²) in [5.74, 6) is 0.260. The molecule has 0 bridgehead atoms. The van der Waals surface area contributed by atoms with Crippen molar-refractivity contribution in [2.75, 3.05) is 19.5 Å². The summed E-state index contributed by atoms with van der Waals surface area (Å²) in [6.07, 6.45) is 1.41. The SMILES string of the molecule is COc1cc(O)cc(OC)c1C=Nc1n[nH]c(Nc2cccc(Cl)c2)c1C(N)=O. The van der Waals surface area contributed by atoms with Crippen molar-refractivity contribution in [1.82, 2.24) is 10.2 Å². The van der Waals surface area contributed by atoms with Crippen molar-refractivity contribution >= 4 is 41.0 Å². The fourth-order valence-electron chi connectivity index (χ4n) is 2.64. The molecule has 0 saturated carbocycles. The van der Waals surface area contributed by atoms with E-state index in [4.69, 9.17) is 26.8 Å². The molecule has 0 radical (unpaired) electrons. The number of nitrogens with one attached hydrogen (secondary N) is 2. The van der Waals surface area contributed by atoms with E-state index < -0.39 is 5.91 Å². The Bertz CT molecular complexity index is 1060. The van der Waals surface area contributed by atoms with Crippen molar-refractivity contribution in [2.45, 2.75) is 0 Å². The molecule has 0 spiro atoms. The minimum Gasteiger partial charge on any atom is -0.508 e. The fourth-order valence-corrected chi connectivity index (χ4v) is 2.83. The first kappa shape index (κ1) is 20.0. The molecule has 3 aromatic rings. The molecule has 1 aromatic heterocycles. The molecule has 0 aliphatic rings. The van der Waals surface area contributed by atoms with E-state index in [0.717, 1.165) is 0 Å². The number of hydrogen-bond donors (Lipinski definition) is 4. The normalized spacial score (nSPS) is 10.9. The molecule has 10 heteroatoms. The van der Waals surface area contributed by atoms with Crippen LogP contribution in [0, 0.1) is 0 Å². The van der Waals surface area contributed by atoms with Gasteiger partial charge in [0.05, 0.1) is 19.8 Å². The van der Waals surface area contributed by atoms with Crippen LogP contribution in [0.25, 0.3) is 0 Å². The number of carbonyl (C=O) groups excluding carboxylic acids is 1. The number of nitrogens with two attached hydrogens (primary N) is 1. The Morgan fingerprint density at radius 3 is 2.55 bits per heavy atom. The number of amides is 1. The molecule has 1 heterocycles. The number of ether oxygens (including phenoxy) is 2. The zero-order valence-electron chi connectivity index (χ0n) is 15.6. The van der Waals surface area contributed by atoms with Gasteiger partial charge in [-0.25, -0.2) is 4.99 Å². The van der Waals surface area contributed by atoms with E-state index in [1.54, 1.807) is 24.3 Å². The number of carbonyl (C=O) groups is 1. The van der Waals surface area contributed by atoms with Gasteiger partial charge in [0.25, 0.3) is 5.91 Å². The third kappa shape index (κ3) is 4.41. The topological polar surface area (TPSA) is 135 Å². The number of aromatic hydroxyl groups is 1. The van der Waals surface area contributed by atoms with Crippen LogP contribution in [0.1, 0.15) is 15.9 Å². The summed E-state index contributed by atoms with van der Waals surface area (Å²) < 4.78 is 10.5. The highest BCUT2D eigenvalue weighted by Gasteiger charge is 2.19. The number of aromatic amines is 1. The number of phenolic OH excluding ortho intramolecular Hbond substituents is 1. The lowest BCUT2D eigenvalue weighted by Gasteiger charge is -2.10. The number of anilines is 2. The standard InChI is InChI=1S/C19H18ClN5O4/c1-28-14-7-12(26)8-15(29-2)13(14)9-22-18-16(17(21)27)19(25-24-18)23-11-5-3-4-10(20)6-11/h3-9,26H,1-2H3,(H2,21,27)(H2,23,24,25). The minimum atomic E-state index is -0.722. The molecule has 29 heavy (non-hydrogen) atoms. The molecular formula is C19H18ClN5O4. The lowest BCUT2D eigenvalue weighted by atomic mass is 10.1. The summed E-state index contributed by atoms with van der Waals surface area (Å²) in [6, 6.07) is 9.76. The molecule has 0 unspecified atom stereocenters. The average molecular weight is 416 g/mol. The second-order valence-corrected chi connectivity index (χ2v) is 6.26. The van der Waals surface area contributed by atoms with Gasteiger partial charge in [-0.15, -0.1) is 0 Å². The molecule has 5 N–H and O–H groups in total. The van der Waals surface area contributed by atoms with Crippen LogP contribution in [0.15, 0.2) is 41.4 Å². The Labute approximate surface area is 171 Å². The van der Waals surface area contributed by atoms with E-state index in [2.05, 4.69) is 20.5 Å². The van der Waals surface area contributed by atoms with E-state index in [1.165, 1.54) is 32.6 Å². The highest BCUT2D eigenvalue weighted by atomic mass is 35.5. The highest BCUT2D eigenvalue weighted by molar-refractivity contribution is 6.30. The Kier molecular flexibility index (Phi) is 5.89. The molecule has 3 rings (SSSR count). The second-order valence-electron chi connectivity index (χ2n) is 5.82. The van der Waals surface area contributed by atoms with Crippen LogP contribution in [-0.2, 0) is 0 Å². The molecule has 9 nitrogen and oxygen atoms in total. The maximum absolute atomic E-state index is 12.0. The van der Waals surface area contributed by atoms with E-state index in [9.17, 15) is 9.90 Å². The minimum absolute atomic E-state index is 0.0264. The number of aliphatic imine (C=N–C) groups is 1. The molecule has 2 aromatic carbocycles. The fraction of sp³-hybridized carbons (Fsp3) is 0.105. The van der Waals surface area contributed by atoms with Gasteiger partial charge in [-0.3, -0.25) is 9.89 Å². The van der Waals surface area contributed by atoms with Crippen LogP contribution in [0.4, 0.5) is 17.3 Å². The van der Waals surface area contributed by atoms with Gasteiger partial charge in [-0.2, -0.15) is 5.10 Å². The number of rotatable bonds is 7. The van der Waals surface area contributed by atoms with Crippen molar-refractivity contribution in [3.05, 3.63) is 52.5 Å². The average Bonchev–Trinajstić information content (AvgIpc) is 3.08. The van der Waals surface area contributed by atoms with Gasteiger partial charge in [-0.1, -0.05) is 17.7 Å². The summed E-state index contributed by atoms with van der Waals surface area (Å²) in [5, 5.41) is 20.0. The van der Waals surface area contributed by atoms with Gasteiger partial charge in [0.2, 0.25) is 0 Å². The van der Waals surface area contributed by atoms with Crippen molar-refractivity contribution in [3.63, 3.8) is 0 Å². The molecule has 1 amide bonds. The predicted molar refractivity (Wildman–Crippen MR) is 110 cm³/mol. The van der Waals surface area contributed by atoms with Gasteiger partial charge in [-0.05, 0) is 18.2 Å². The largest absolute Gasteiger partial charge is 0.508 e. The monoisotopic (exact) mass is 415 g/mol. The van der Waals surface area contributed by atoms with Crippen LogP contribution in [-0.4, -0.2) is 41.6 Å². The van der Waals surface area contributed by atoms with E-state index in [0.29, 0.717) is 27.8 Å². The Morgan fingerprint density at radius 1 is 1.28 bits per heavy atom. The maximum Gasteiger partial charge on any atom is 0.256 e. The number of phenols is 1. The number of halogens is 1. The molecule has 0 aliphatic heterocycles. The number of hydrogen-bond acceptors (Lipinski definition) is 7. The summed E-state index contributed by atoms with van der Waals surface area (Å²) in [7, 11) is 2.89. The number of H-pyrrole nitrogens is 1. The maximum atomic E-state index is 12.0. The van der Waals surface area contributed by atoms with Gasteiger partial charge < -0.3 is 25.6 Å². The Morgan fingerprint density at radius 2 is 1.97 bits per heavy atom. The number of methoxy groups -OCH3 is 2. The summed E-state index contributed by atoms with van der Waals surface area (Å²) >= 11 is 5.98.